The second-order valence-electron chi connectivity index (χ2n) is 4.04. The maximum Gasteiger partial charge on any atom is 0.124 e. The van der Waals surface area contributed by atoms with E-state index in [0.717, 1.165) is 31.8 Å². The Balaban J connectivity index is 2.31. The van der Waals surface area contributed by atoms with E-state index in [-0.39, 0.29) is 5.82 Å². The molecule has 0 amide bonds. The summed E-state index contributed by atoms with van der Waals surface area (Å²) in [6, 6.07) is 6.25. The van der Waals surface area contributed by atoms with Gasteiger partial charge in [-0.25, -0.2) is 9.37 Å². The molecule has 0 N–H and O–H groups in total. The molecule has 0 aliphatic heterocycles. The minimum absolute atomic E-state index is 0.268. The van der Waals surface area contributed by atoms with E-state index in [1.807, 2.05) is 6.26 Å². The van der Waals surface area contributed by atoms with Crippen molar-refractivity contribution in [2.24, 2.45) is 0 Å². The van der Waals surface area contributed by atoms with Crippen molar-refractivity contribution in [2.45, 2.75) is 5.03 Å². The second kappa shape index (κ2) is 5.46. The fraction of sp³-hybridized carbons (Fsp3) is 0.0714. The van der Waals surface area contributed by atoms with E-state index >= 15 is 0 Å². The summed E-state index contributed by atoms with van der Waals surface area (Å²) in [6.07, 6.45) is 5.23. The molecule has 100 valence electrons. The van der Waals surface area contributed by atoms with Gasteiger partial charge in [-0.2, -0.15) is 0 Å². The first kappa shape index (κ1) is 13.5. The molecular formula is C14H9BrFN3S. The van der Waals surface area contributed by atoms with Crippen molar-refractivity contribution in [1.29, 1.82) is 0 Å². The van der Waals surface area contributed by atoms with Crippen molar-refractivity contribution in [2.75, 3.05) is 6.26 Å². The van der Waals surface area contributed by atoms with Crippen LogP contribution in [0.3, 0.4) is 0 Å². The van der Waals surface area contributed by atoms with Crippen LogP contribution in [-0.2, 0) is 0 Å². The average Bonchev–Trinajstić information content (AvgIpc) is 2.49. The van der Waals surface area contributed by atoms with Crippen molar-refractivity contribution in [3.05, 3.63) is 46.9 Å². The van der Waals surface area contributed by atoms with Crippen LogP contribution in [0.15, 0.2) is 46.2 Å². The summed E-state index contributed by atoms with van der Waals surface area (Å²) in [5.74, 6) is -0.268. The number of fused-ring (bicyclic) bond motifs is 1. The van der Waals surface area contributed by atoms with Crippen LogP contribution in [0.1, 0.15) is 0 Å². The van der Waals surface area contributed by atoms with Gasteiger partial charge in [0, 0.05) is 18.0 Å². The fourth-order valence-electron chi connectivity index (χ4n) is 1.91. The quantitative estimate of drug-likeness (QED) is 0.646. The van der Waals surface area contributed by atoms with Crippen LogP contribution >= 0.6 is 27.7 Å². The van der Waals surface area contributed by atoms with Crippen molar-refractivity contribution in [3.63, 3.8) is 0 Å². The first-order chi connectivity index (χ1) is 9.70. The molecule has 2 aromatic heterocycles. The van der Waals surface area contributed by atoms with E-state index in [4.69, 9.17) is 0 Å². The molecule has 1 aromatic carbocycles. The Morgan fingerprint density at radius 2 is 1.70 bits per heavy atom. The van der Waals surface area contributed by atoms with Crippen LogP contribution < -0.4 is 0 Å². The zero-order valence-corrected chi connectivity index (χ0v) is 12.9. The van der Waals surface area contributed by atoms with Crippen LogP contribution in [0.5, 0.6) is 0 Å². The smallest absolute Gasteiger partial charge is 0.124 e. The Morgan fingerprint density at radius 1 is 1.05 bits per heavy atom. The molecule has 20 heavy (non-hydrogen) atoms. The van der Waals surface area contributed by atoms with Crippen molar-refractivity contribution in [1.82, 2.24) is 15.0 Å². The minimum Gasteiger partial charge on any atom is -0.252 e. The highest BCUT2D eigenvalue weighted by atomic mass is 79.9. The molecule has 3 rings (SSSR count). The molecule has 3 aromatic rings. The van der Waals surface area contributed by atoms with Gasteiger partial charge in [-0.15, -0.1) is 11.8 Å². The molecule has 3 nitrogen and oxygen atoms in total. The number of halogens is 2. The summed E-state index contributed by atoms with van der Waals surface area (Å²) >= 11 is 5.04. The Morgan fingerprint density at radius 3 is 2.35 bits per heavy atom. The molecule has 6 heteroatoms. The summed E-state index contributed by atoms with van der Waals surface area (Å²) < 4.78 is 13.8. The molecular weight excluding hydrogens is 341 g/mol. The molecule has 0 aliphatic carbocycles. The summed E-state index contributed by atoms with van der Waals surface area (Å²) in [5, 5.41) is 0.802. The number of aromatic nitrogens is 3. The van der Waals surface area contributed by atoms with Crippen LogP contribution in [0.2, 0.25) is 0 Å². The van der Waals surface area contributed by atoms with E-state index in [9.17, 15) is 4.39 Å². The van der Waals surface area contributed by atoms with E-state index in [1.165, 1.54) is 23.9 Å². The predicted molar refractivity (Wildman–Crippen MR) is 82.2 cm³/mol. The molecule has 0 saturated heterocycles. The maximum absolute atomic E-state index is 13.0. The molecule has 0 fully saturated rings. The van der Waals surface area contributed by atoms with Gasteiger partial charge in [0.2, 0.25) is 0 Å². The summed E-state index contributed by atoms with van der Waals surface area (Å²) in [7, 11) is 0. The molecule has 0 aliphatic rings. The first-order valence-corrected chi connectivity index (χ1v) is 7.82. The largest absolute Gasteiger partial charge is 0.252 e. The number of benzene rings is 1. The monoisotopic (exact) mass is 349 g/mol. The lowest BCUT2D eigenvalue weighted by Gasteiger charge is -2.09. The summed E-state index contributed by atoms with van der Waals surface area (Å²) in [4.78, 5) is 13.3. The highest BCUT2D eigenvalue weighted by molar-refractivity contribution is 9.10. The topological polar surface area (TPSA) is 38.7 Å². The minimum atomic E-state index is -0.268. The van der Waals surface area contributed by atoms with Crippen molar-refractivity contribution in [3.8, 4) is 11.3 Å². The predicted octanol–water partition coefficient (Wildman–Crippen LogP) is 4.32. The molecule has 0 unspecified atom stereocenters. The Labute approximate surface area is 127 Å². The number of nitrogens with zero attached hydrogens (tertiary/aromatic N) is 3. The van der Waals surface area contributed by atoms with Crippen LogP contribution in [0, 0.1) is 5.82 Å². The van der Waals surface area contributed by atoms with Gasteiger partial charge in [0.05, 0.1) is 10.2 Å². The van der Waals surface area contributed by atoms with E-state index in [0.29, 0.717) is 0 Å². The zero-order chi connectivity index (χ0) is 14.1. The Bertz CT molecular complexity index is 777. The van der Waals surface area contributed by atoms with Crippen LogP contribution in [0.25, 0.3) is 22.3 Å². The lowest BCUT2D eigenvalue weighted by atomic mass is 10.1. The van der Waals surface area contributed by atoms with Gasteiger partial charge < -0.3 is 0 Å². The standard InChI is InChI=1S/C14H9BrFN3S/c1-20-14-13-12(17-6-7-18-13)10(15)11(19-14)8-2-4-9(16)5-3-8/h2-7H,1H3. The Kier molecular flexibility index (Phi) is 3.67. The third kappa shape index (κ3) is 2.29. The van der Waals surface area contributed by atoms with E-state index < -0.39 is 0 Å². The van der Waals surface area contributed by atoms with Gasteiger partial charge in [-0.05, 0) is 46.5 Å². The first-order valence-electron chi connectivity index (χ1n) is 5.81. The summed E-state index contributed by atoms with van der Waals surface area (Å²) in [5.41, 5.74) is 3.09. The molecule has 0 atom stereocenters. The maximum atomic E-state index is 13.0. The number of thioether (sulfide) groups is 1. The molecule has 0 bridgehead atoms. The van der Waals surface area contributed by atoms with E-state index in [2.05, 4.69) is 30.9 Å². The SMILES string of the molecule is CSc1nc(-c2ccc(F)cc2)c(Br)c2nccnc12. The Hall–Kier alpha value is -1.53. The zero-order valence-electron chi connectivity index (χ0n) is 10.5. The highest BCUT2D eigenvalue weighted by Crippen LogP contribution is 2.35. The number of rotatable bonds is 2. The number of hydrogen-bond donors (Lipinski definition) is 0. The van der Waals surface area contributed by atoms with Crippen molar-refractivity contribution >= 4 is 38.7 Å². The van der Waals surface area contributed by atoms with Gasteiger partial charge in [0.1, 0.15) is 21.9 Å². The van der Waals surface area contributed by atoms with Gasteiger partial charge >= 0.3 is 0 Å². The molecule has 2 heterocycles. The van der Waals surface area contributed by atoms with Gasteiger partial charge in [0.25, 0.3) is 0 Å². The fourth-order valence-corrected chi connectivity index (χ4v) is 3.05. The lowest BCUT2D eigenvalue weighted by Crippen LogP contribution is -1.95. The van der Waals surface area contributed by atoms with Gasteiger partial charge in [-0.1, -0.05) is 0 Å². The highest BCUT2D eigenvalue weighted by Gasteiger charge is 2.15. The number of hydrogen-bond acceptors (Lipinski definition) is 4. The average molecular weight is 350 g/mol. The third-order valence-electron chi connectivity index (χ3n) is 2.84. The lowest BCUT2D eigenvalue weighted by molar-refractivity contribution is 0.628. The normalized spacial score (nSPS) is 10.9. The van der Waals surface area contributed by atoms with Gasteiger partial charge in [0.15, 0.2) is 0 Å². The summed E-state index contributed by atoms with van der Waals surface area (Å²) in [6.45, 7) is 0. The van der Waals surface area contributed by atoms with Crippen molar-refractivity contribution < 1.29 is 4.39 Å². The van der Waals surface area contributed by atoms with Crippen LogP contribution in [0.4, 0.5) is 4.39 Å². The number of pyridine rings is 1. The van der Waals surface area contributed by atoms with Gasteiger partial charge in [-0.3, -0.25) is 9.97 Å². The molecule has 0 spiro atoms. The molecule has 0 radical (unpaired) electrons. The molecule has 0 saturated carbocycles. The third-order valence-corrected chi connectivity index (χ3v) is 4.26. The second-order valence-corrected chi connectivity index (χ2v) is 5.63. The van der Waals surface area contributed by atoms with E-state index in [1.54, 1.807) is 24.5 Å². The van der Waals surface area contributed by atoms with Crippen LogP contribution in [-0.4, -0.2) is 21.2 Å².